The minimum absolute atomic E-state index is 0.157. The van der Waals surface area contributed by atoms with Crippen molar-refractivity contribution in [2.24, 2.45) is 11.8 Å². The molecule has 4 rings (SSSR count). The Bertz CT molecular complexity index is 836. The maximum atomic E-state index is 12.5. The standard InChI is InChI=1S/C22H30ClN5OS/c1-2-20-26-27-22(30-20)25-21(29)24-19-6-4-3-5-17(19)14-28-12-16(13-28)11-15-7-9-18(23)10-8-15/h7-10,16-17,19H,2-6,11-14H2,1H3,(H2,24,25,27,29)/t17-,19-/m1/s1. The molecule has 2 aliphatic rings. The van der Waals surface area contributed by atoms with E-state index in [0.717, 1.165) is 54.8 Å². The lowest BCUT2D eigenvalue weighted by atomic mass is 9.82. The number of urea groups is 1. The topological polar surface area (TPSA) is 70.1 Å². The summed E-state index contributed by atoms with van der Waals surface area (Å²) in [6.45, 7) is 5.39. The van der Waals surface area contributed by atoms with Crippen LogP contribution in [0.25, 0.3) is 0 Å². The monoisotopic (exact) mass is 447 g/mol. The maximum Gasteiger partial charge on any atom is 0.321 e. The van der Waals surface area contributed by atoms with Crippen LogP contribution in [-0.2, 0) is 12.8 Å². The molecule has 1 aliphatic heterocycles. The Morgan fingerprint density at radius 2 is 1.97 bits per heavy atom. The van der Waals surface area contributed by atoms with E-state index < -0.39 is 0 Å². The Hall–Kier alpha value is -1.70. The van der Waals surface area contributed by atoms with Gasteiger partial charge in [0.05, 0.1) is 0 Å². The van der Waals surface area contributed by atoms with Gasteiger partial charge in [-0.05, 0) is 55.2 Å². The van der Waals surface area contributed by atoms with E-state index in [9.17, 15) is 4.79 Å². The third kappa shape index (κ3) is 5.71. The number of aryl methyl sites for hydroxylation is 1. The molecule has 8 heteroatoms. The van der Waals surface area contributed by atoms with Crippen LogP contribution in [0.2, 0.25) is 5.02 Å². The Balaban J connectivity index is 1.23. The summed E-state index contributed by atoms with van der Waals surface area (Å²) in [5, 5.41) is 16.5. The average Bonchev–Trinajstić information content (AvgIpc) is 3.16. The van der Waals surface area contributed by atoms with Gasteiger partial charge in [-0.2, -0.15) is 0 Å². The molecule has 2 fully saturated rings. The highest BCUT2D eigenvalue weighted by Gasteiger charge is 2.33. The molecule has 0 unspecified atom stereocenters. The minimum atomic E-state index is -0.157. The van der Waals surface area contributed by atoms with Gasteiger partial charge in [0.25, 0.3) is 0 Å². The number of hydrogen-bond acceptors (Lipinski definition) is 5. The van der Waals surface area contributed by atoms with Crippen molar-refractivity contribution in [2.75, 3.05) is 25.0 Å². The number of nitrogens with one attached hydrogen (secondary N) is 2. The van der Waals surface area contributed by atoms with E-state index in [1.165, 1.54) is 36.2 Å². The zero-order valence-corrected chi connectivity index (χ0v) is 19.0. The fourth-order valence-corrected chi connectivity index (χ4v) is 5.41. The van der Waals surface area contributed by atoms with E-state index in [2.05, 4.69) is 37.9 Å². The first-order valence-corrected chi connectivity index (χ1v) is 12.1. The van der Waals surface area contributed by atoms with E-state index in [-0.39, 0.29) is 12.1 Å². The van der Waals surface area contributed by atoms with Crippen LogP contribution >= 0.6 is 22.9 Å². The number of nitrogens with zero attached hydrogens (tertiary/aromatic N) is 3. The number of aromatic nitrogens is 2. The molecule has 1 aromatic carbocycles. The van der Waals surface area contributed by atoms with Crippen LogP contribution in [0.3, 0.4) is 0 Å². The van der Waals surface area contributed by atoms with E-state index in [1.54, 1.807) is 0 Å². The SMILES string of the molecule is CCc1nnc(NC(=O)N[C@@H]2CCCC[C@@H]2CN2CC(Cc3ccc(Cl)cc3)C2)s1. The summed E-state index contributed by atoms with van der Waals surface area (Å²) >= 11 is 7.42. The highest BCUT2D eigenvalue weighted by Crippen LogP contribution is 2.29. The number of benzene rings is 1. The highest BCUT2D eigenvalue weighted by molar-refractivity contribution is 7.15. The molecule has 0 spiro atoms. The van der Waals surface area contributed by atoms with Crippen molar-refractivity contribution in [1.29, 1.82) is 0 Å². The number of amides is 2. The van der Waals surface area contributed by atoms with Crippen molar-refractivity contribution < 1.29 is 4.79 Å². The van der Waals surface area contributed by atoms with Crippen molar-refractivity contribution in [2.45, 2.75) is 51.5 Å². The van der Waals surface area contributed by atoms with Gasteiger partial charge in [0.15, 0.2) is 0 Å². The Labute approximate surface area is 187 Å². The van der Waals surface area contributed by atoms with E-state index in [0.29, 0.717) is 11.0 Å². The summed E-state index contributed by atoms with van der Waals surface area (Å²) in [6, 6.07) is 8.28. The molecule has 6 nitrogen and oxygen atoms in total. The first-order chi connectivity index (χ1) is 14.6. The van der Waals surface area contributed by atoms with Crippen LogP contribution in [0.1, 0.15) is 43.2 Å². The second-order valence-electron chi connectivity index (χ2n) is 8.52. The summed E-state index contributed by atoms with van der Waals surface area (Å²) < 4.78 is 0. The van der Waals surface area contributed by atoms with Crippen molar-refractivity contribution in [1.82, 2.24) is 20.4 Å². The lowest BCUT2D eigenvalue weighted by Gasteiger charge is -2.44. The molecule has 1 aliphatic carbocycles. The molecule has 1 saturated carbocycles. The number of anilines is 1. The molecule has 2 atom stereocenters. The molecule has 0 radical (unpaired) electrons. The molecule has 2 N–H and O–H groups in total. The Kier molecular flexibility index (Phi) is 7.23. The van der Waals surface area contributed by atoms with Gasteiger partial charge < -0.3 is 10.2 Å². The first kappa shape index (κ1) is 21.5. The fourth-order valence-electron chi connectivity index (χ4n) is 4.61. The van der Waals surface area contributed by atoms with Crippen molar-refractivity contribution >= 4 is 34.1 Å². The number of halogens is 1. The number of hydrogen-bond donors (Lipinski definition) is 2. The lowest BCUT2D eigenvalue weighted by molar-refractivity contribution is 0.0650. The summed E-state index contributed by atoms with van der Waals surface area (Å²) in [7, 11) is 0. The summed E-state index contributed by atoms with van der Waals surface area (Å²) in [4.78, 5) is 15.0. The average molecular weight is 448 g/mol. The van der Waals surface area contributed by atoms with Gasteiger partial charge in [-0.1, -0.05) is 54.8 Å². The van der Waals surface area contributed by atoms with Crippen LogP contribution in [0.4, 0.5) is 9.93 Å². The first-order valence-electron chi connectivity index (χ1n) is 11.0. The van der Waals surface area contributed by atoms with Crippen molar-refractivity contribution in [3.8, 4) is 0 Å². The summed E-state index contributed by atoms with van der Waals surface area (Å²) in [6.07, 6.45) is 6.62. The predicted octanol–water partition coefficient (Wildman–Crippen LogP) is 4.61. The number of carbonyl (C=O) groups is 1. The van der Waals surface area contributed by atoms with Crippen LogP contribution in [0, 0.1) is 11.8 Å². The molecule has 2 aromatic rings. The normalized spacial score (nSPS) is 22.5. The second-order valence-corrected chi connectivity index (χ2v) is 10.0. The smallest absolute Gasteiger partial charge is 0.321 e. The maximum absolute atomic E-state index is 12.5. The molecule has 2 amide bonds. The van der Waals surface area contributed by atoms with Gasteiger partial charge in [0, 0.05) is 30.7 Å². The molecular formula is C22H30ClN5OS. The molecule has 162 valence electrons. The third-order valence-electron chi connectivity index (χ3n) is 6.18. The van der Waals surface area contributed by atoms with E-state index >= 15 is 0 Å². The van der Waals surface area contributed by atoms with Gasteiger partial charge in [-0.15, -0.1) is 10.2 Å². The quantitative estimate of drug-likeness (QED) is 0.650. The van der Waals surface area contributed by atoms with E-state index in [1.807, 2.05) is 19.1 Å². The fraction of sp³-hybridized carbons (Fsp3) is 0.591. The van der Waals surface area contributed by atoms with Crippen LogP contribution < -0.4 is 10.6 Å². The van der Waals surface area contributed by atoms with Crippen molar-refractivity contribution in [3.05, 3.63) is 39.9 Å². The van der Waals surface area contributed by atoms with Crippen LogP contribution in [0.5, 0.6) is 0 Å². The van der Waals surface area contributed by atoms with Gasteiger partial charge in [-0.25, -0.2) is 4.79 Å². The van der Waals surface area contributed by atoms with Crippen LogP contribution in [0.15, 0.2) is 24.3 Å². The van der Waals surface area contributed by atoms with Gasteiger partial charge >= 0.3 is 6.03 Å². The van der Waals surface area contributed by atoms with Gasteiger partial charge in [0.2, 0.25) is 5.13 Å². The molecule has 0 bridgehead atoms. The number of carbonyl (C=O) groups excluding carboxylic acids is 1. The van der Waals surface area contributed by atoms with Crippen LogP contribution in [-0.4, -0.2) is 46.8 Å². The predicted molar refractivity (Wildman–Crippen MR) is 122 cm³/mol. The minimum Gasteiger partial charge on any atom is -0.335 e. The molecule has 1 saturated heterocycles. The molecule has 1 aromatic heterocycles. The van der Waals surface area contributed by atoms with Crippen molar-refractivity contribution in [3.63, 3.8) is 0 Å². The molecule has 30 heavy (non-hydrogen) atoms. The lowest BCUT2D eigenvalue weighted by Crippen LogP contribution is -2.53. The highest BCUT2D eigenvalue weighted by atomic mass is 35.5. The number of likely N-dealkylation sites (tertiary alicyclic amines) is 1. The molecule has 2 heterocycles. The Morgan fingerprint density at radius 3 is 2.70 bits per heavy atom. The zero-order valence-electron chi connectivity index (χ0n) is 17.4. The second kappa shape index (κ2) is 10.1. The largest absolute Gasteiger partial charge is 0.335 e. The summed E-state index contributed by atoms with van der Waals surface area (Å²) in [5.41, 5.74) is 1.36. The summed E-state index contributed by atoms with van der Waals surface area (Å²) in [5.74, 6) is 1.23. The third-order valence-corrected chi connectivity index (χ3v) is 7.41. The molecular weight excluding hydrogens is 418 g/mol. The van der Waals surface area contributed by atoms with Gasteiger partial charge in [-0.3, -0.25) is 5.32 Å². The van der Waals surface area contributed by atoms with Gasteiger partial charge in [0.1, 0.15) is 5.01 Å². The number of rotatable bonds is 7. The Morgan fingerprint density at radius 1 is 1.20 bits per heavy atom. The van der Waals surface area contributed by atoms with E-state index in [4.69, 9.17) is 11.6 Å². The zero-order chi connectivity index (χ0) is 20.9.